The van der Waals surface area contributed by atoms with Gasteiger partial charge in [0.05, 0.1) is 33.8 Å². The molecule has 0 radical (unpaired) electrons. The van der Waals surface area contributed by atoms with E-state index in [2.05, 4.69) is 111 Å². The van der Waals surface area contributed by atoms with Gasteiger partial charge in [0.25, 0.3) is 0 Å². The Kier molecular flexibility index (Phi) is 61.6. The number of nitrogens with one attached hydrogen (secondary N) is 1. The van der Waals surface area contributed by atoms with Crippen LogP contribution in [0.15, 0.2) is 97.2 Å². The first-order chi connectivity index (χ1) is 41.4. The van der Waals surface area contributed by atoms with E-state index in [-0.39, 0.29) is 31.5 Å². The molecule has 0 rings (SSSR count). The highest BCUT2D eigenvalue weighted by Crippen LogP contribution is 2.43. The average molecular weight is 1210 g/mol. The van der Waals surface area contributed by atoms with Crippen molar-refractivity contribution in [3.63, 3.8) is 0 Å². The zero-order valence-electron chi connectivity index (χ0n) is 56.3. The molecule has 1 amide bonds. The van der Waals surface area contributed by atoms with E-state index in [1.165, 1.54) is 161 Å². The van der Waals surface area contributed by atoms with Crippen molar-refractivity contribution in [2.45, 2.75) is 328 Å². The average Bonchev–Trinajstić information content (AvgIpc) is 3.58. The van der Waals surface area contributed by atoms with Gasteiger partial charge in [0.2, 0.25) is 5.91 Å². The van der Waals surface area contributed by atoms with Crippen LogP contribution in [0, 0.1) is 0 Å². The lowest BCUT2D eigenvalue weighted by molar-refractivity contribution is -0.870. The van der Waals surface area contributed by atoms with Crippen LogP contribution >= 0.6 is 7.82 Å². The van der Waals surface area contributed by atoms with Crippen molar-refractivity contribution in [1.29, 1.82) is 0 Å². The number of phosphoric ester groups is 1. The van der Waals surface area contributed by atoms with Crippen LogP contribution in [-0.2, 0) is 27.9 Å². The molecule has 0 heterocycles. The maximum atomic E-state index is 13.6. The molecule has 0 aromatic heterocycles. The molecule has 0 saturated carbocycles. The second kappa shape index (κ2) is 63.9. The molecular formula is C75H136N2O7P+. The SMILES string of the molecule is CC/C=C\C/C=C\C/C=C\C/C=C\C/C=C\C/C=C\CCCCCCCCC(=O)OC(/C=C/CCCCCCCCCCC)C(COP(=O)(O)OCC[N+](C)(C)C)NC(=O)CCCCCCCCCCCCCCC/C=C/CCCCCCCC. The van der Waals surface area contributed by atoms with Crippen LogP contribution in [0.5, 0.6) is 0 Å². The van der Waals surface area contributed by atoms with Gasteiger partial charge in [0.15, 0.2) is 0 Å². The first-order valence-corrected chi connectivity index (χ1v) is 37.1. The van der Waals surface area contributed by atoms with Crippen molar-refractivity contribution in [3.8, 4) is 0 Å². The van der Waals surface area contributed by atoms with Gasteiger partial charge in [-0.2, -0.15) is 0 Å². The lowest BCUT2D eigenvalue weighted by Crippen LogP contribution is -2.47. The Morgan fingerprint density at radius 2 is 0.753 bits per heavy atom. The lowest BCUT2D eigenvalue weighted by Gasteiger charge is -2.27. The summed E-state index contributed by atoms with van der Waals surface area (Å²) in [5.41, 5.74) is 0. The number of nitrogens with zero attached hydrogens (tertiary/aromatic N) is 1. The predicted molar refractivity (Wildman–Crippen MR) is 369 cm³/mol. The molecule has 0 aliphatic heterocycles. The van der Waals surface area contributed by atoms with Gasteiger partial charge < -0.3 is 19.4 Å². The van der Waals surface area contributed by atoms with Crippen molar-refractivity contribution >= 4 is 19.7 Å². The van der Waals surface area contributed by atoms with Crippen molar-refractivity contribution in [2.75, 3.05) is 40.9 Å². The van der Waals surface area contributed by atoms with Gasteiger partial charge in [-0.15, -0.1) is 0 Å². The van der Waals surface area contributed by atoms with E-state index in [9.17, 15) is 19.0 Å². The third-order valence-electron chi connectivity index (χ3n) is 15.5. The molecule has 0 saturated heterocycles. The standard InChI is InChI=1S/C75H135N2O7P/c1-7-10-13-16-19-22-25-27-29-31-33-35-37-38-40-42-44-46-48-50-53-56-59-62-65-68-75(79)84-73(66-63-60-57-54-51-24-21-18-15-12-9-3)72(71-83-85(80,81)82-70-69-77(4,5)6)76-74(78)67-64-61-58-55-52-49-47-45-43-41-39-36-34-32-30-28-26-23-20-17-14-11-8-2/h10,13,19,22,27-30,33,35,38,40,44,46,63,66,72-73H,7-9,11-12,14-18,20-21,23-26,31-32,34,36-37,39,41-43,45,47-62,64-65,67-71H2,1-6H3,(H-,76,78,80,81)/p+1/b13-10-,22-19-,29-27-,30-28+,35-33-,40-38-,46-44-,66-63+. The Morgan fingerprint density at radius 1 is 0.424 bits per heavy atom. The molecule has 0 bridgehead atoms. The molecule has 0 aliphatic carbocycles. The number of phosphoric acid groups is 1. The zero-order valence-corrected chi connectivity index (χ0v) is 57.2. The molecule has 85 heavy (non-hydrogen) atoms. The molecule has 492 valence electrons. The number of quaternary nitrogens is 1. The highest BCUT2D eigenvalue weighted by atomic mass is 31.2. The van der Waals surface area contributed by atoms with Crippen LogP contribution in [0.1, 0.15) is 316 Å². The molecule has 3 unspecified atom stereocenters. The Hall–Kier alpha value is -3.07. The predicted octanol–water partition coefficient (Wildman–Crippen LogP) is 22.7. The highest BCUT2D eigenvalue weighted by molar-refractivity contribution is 7.47. The number of amides is 1. The summed E-state index contributed by atoms with van der Waals surface area (Å²) < 4.78 is 30.8. The van der Waals surface area contributed by atoms with E-state index in [4.69, 9.17) is 13.8 Å². The summed E-state index contributed by atoms with van der Waals surface area (Å²) in [6, 6.07) is -0.860. The number of esters is 1. The van der Waals surface area contributed by atoms with Gasteiger partial charge in [-0.1, -0.05) is 292 Å². The molecule has 10 heteroatoms. The van der Waals surface area contributed by atoms with Crippen LogP contribution in [0.25, 0.3) is 0 Å². The quantitative estimate of drug-likeness (QED) is 0.0205. The Morgan fingerprint density at radius 3 is 1.14 bits per heavy atom. The van der Waals surface area contributed by atoms with E-state index in [0.717, 1.165) is 122 Å². The molecule has 3 atom stereocenters. The van der Waals surface area contributed by atoms with E-state index in [1.54, 1.807) is 0 Å². The molecule has 0 aliphatic rings. The number of hydrogen-bond acceptors (Lipinski definition) is 6. The first kappa shape index (κ1) is 81.9. The summed E-state index contributed by atoms with van der Waals surface area (Å²) in [4.78, 5) is 37.9. The number of likely N-dealkylation sites (N-methyl/N-ethyl adjacent to an activating group) is 1. The molecule has 0 aromatic rings. The van der Waals surface area contributed by atoms with Gasteiger partial charge in [0, 0.05) is 12.8 Å². The maximum absolute atomic E-state index is 13.6. The fraction of sp³-hybridized carbons (Fsp3) is 0.760. The van der Waals surface area contributed by atoms with E-state index < -0.39 is 20.0 Å². The molecule has 2 N–H and O–H groups in total. The van der Waals surface area contributed by atoms with E-state index in [0.29, 0.717) is 17.4 Å². The van der Waals surface area contributed by atoms with Crippen LogP contribution in [-0.4, -0.2) is 74.3 Å². The monoisotopic (exact) mass is 1210 g/mol. The summed E-state index contributed by atoms with van der Waals surface area (Å²) in [5, 5.41) is 3.07. The lowest BCUT2D eigenvalue weighted by atomic mass is 10.0. The van der Waals surface area contributed by atoms with E-state index >= 15 is 0 Å². The summed E-state index contributed by atoms with van der Waals surface area (Å²) in [6.07, 6.45) is 87.1. The fourth-order valence-corrected chi connectivity index (χ4v) is 10.8. The highest BCUT2D eigenvalue weighted by Gasteiger charge is 2.30. The van der Waals surface area contributed by atoms with Crippen LogP contribution in [0.2, 0.25) is 0 Å². The molecule has 9 nitrogen and oxygen atoms in total. The summed E-state index contributed by atoms with van der Waals surface area (Å²) in [6.45, 7) is 6.90. The minimum atomic E-state index is -4.46. The summed E-state index contributed by atoms with van der Waals surface area (Å²) in [7, 11) is 1.48. The Labute approximate surface area is 526 Å². The first-order valence-electron chi connectivity index (χ1n) is 35.6. The maximum Gasteiger partial charge on any atom is 0.472 e. The minimum Gasteiger partial charge on any atom is -0.456 e. The third-order valence-corrected chi connectivity index (χ3v) is 16.5. The normalized spacial score (nSPS) is 14.1. The largest absolute Gasteiger partial charge is 0.472 e. The van der Waals surface area contributed by atoms with Gasteiger partial charge in [-0.25, -0.2) is 4.57 Å². The van der Waals surface area contributed by atoms with Gasteiger partial charge in [0.1, 0.15) is 19.3 Å². The van der Waals surface area contributed by atoms with Crippen LogP contribution in [0.4, 0.5) is 0 Å². The van der Waals surface area contributed by atoms with Gasteiger partial charge in [-0.05, 0) is 109 Å². The van der Waals surface area contributed by atoms with Crippen LogP contribution in [0.3, 0.4) is 0 Å². The zero-order chi connectivity index (χ0) is 62.1. The number of hydrogen-bond donors (Lipinski definition) is 2. The number of carbonyl (C=O) groups excluding carboxylic acids is 2. The fourth-order valence-electron chi connectivity index (χ4n) is 10.1. The number of allylic oxidation sites excluding steroid dienone is 15. The number of rotatable bonds is 64. The van der Waals surface area contributed by atoms with Gasteiger partial charge >= 0.3 is 13.8 Å². The minimum absolute atomic E-state index is 0.0344. The molecular weight excluding hydrogens is 1070 g/mol. The Balaban J connectivity index is 5.07. The number of ether oxygens (including phenoxy) is 1. The topological polar surface area (TPSA) is 111 Å². The second-order valence-electron chi connectivity index (χ2n) is 25.0. The van der Waals surface area contributed by atoms with Gasteiger partial charge in [-0.3, -0.25) is 18.6 Å². The number of carbonyl (C=O) groups is 2. The molecule has 0 aromatic carbocycles. The van der Waals surface area contributed by atoms with Crippen molar-refractivity contribution < 1.29 is 37.3 Å². The number of unbranched alkanes of at least 4 members (excludes halogenated alkanes) is 34. The van der Waals surface area contributed by atoms with Crippen molar-refractivity contribution in [2.24, 2.45) is 0 Å². The van der Waals surface area contributed by atoms with Crippen molar-refractivity contribution in [3.05, 3.63) is 97.2 Å². The molecule has 0 fully saturated rings. The summed E-state index contributed by atoms with van der Waals surface area (Å²) >= 11 is 0. The summed E-state index contributed by atoms with van der Waals surface area (Å²) in [5.74, 6) is -0.518. The smallest absolute Gasteiger partial charge is 0.456 e. The molecule has 0 spiro atoms. The Bertz CT molecular complexity index is 1780. The van der Waals surface area contributed by atoms with Crippen LogP contribution < -0.4 is 5.32 Å². The van der Waals surface area contributed by atoms with E-state index in [1.807, 2.05) is 33.3 Å². The second-order valence-corrected chi connectivity index (χ2v) is 26.5. The van der Waals surface area contributed by atoms with Crippen molar-refractivity contribution in [1.82, 2.24) is 5.32 Å². The third kappa shape index (κ3) is 65.2.